The SMILES string of the molecule is Nc1cc(NC(=O)c2ccccc2F)ns1. The topological polar surface area (TPSA) is 68.0 Å². The predicted molar refractivity (Wildman–Crippen MR) is 60.9 cm³/mol. The van der Waals surface area contributed by atoms with Crippen LogP contribution in [-0.2, 0) is 0 Å². The third kappa shape index (κ3) is 2.17. The first-order valence-electron chi connectivity index (χ1n) is 4.45. The van der Waals surface area contributed by atoms with Gasteiger partial charge in [-0.1, -0.05) is 12.1 Å². The Hall–Kier alpha value is -1.95. The first-order valence-corrected chi connectivity index (χ1v) is 5.22. The molecular weight excluding hydrogens is 229 g/mol. The minimum absolute atomic E-state index is 0.0194. The maximum atomic E-state index is 13.2. The average Bonchev–Trinajstić information content (AvgIpc) is 2.64. The molecule has 0 aliphatic carbocycles. The molecule has 2 aromatic rings. The summed E-state index contributed by atoms with van der Waals surface area (Å²) in [6, 6.07) is 7.26. The number of amides is 1. The number of halogens is 1. The van der Waals surface area contributed by atoms with Crippen molar-refractivity contribution in [2.24, 2.45) is 0 Å². The summed E-state index contributed by atoms with van der Waals surface area (Å²) in [6.07, 6.45) is 0. The lowest BCUT2D eigenvalue weighted by Crippen LogP contribution is -2.13. The second-order valence-corrected chi connectivity index (χ2v) is 3.89. The van der Waals surface area contributed by atoms with Gasteiger partial charge < -0.3 is 11.1 Å². The molecule has 0 aliphatic rings. The normalized spacial score (nSPS) is 10.1. The summed E-state index contributed by atoms with van der Waals surface area (Å²) in [5.74, 6) is -0.776. The minimum atomic E-state index is -0.566. The van der Waals surface area contributed by atoms with Crippen molar-refractivity contribution in [3.8, 4) is 0 Å². The monoisotopic (exact) mass is 237 g/mol. The lowest BCUT2D eigenvalue weighted by atomic mass is 10.2. The van der Waals surface area contributed by atoms with E-state index in [-0.39, 0.29) is 5.56 Å². The van der Waals surface area contributed by atoms with Gasteiger partial charge in [0.15, 0.2) is 0 Å². The van der Waals surface area contributed by atoms with E-state index in [0.29, 0.717) is 10.8 Å². The van der Waals surface area contributed by atoms with Gasteiger partial charge in [0.1, 0.15) is 16.6 Å². The van der Waals surface area contributed by atoms with Gasteiger partial charge in [0, 0.05) is 6.07 Å². The van der Waals surface area contributed by atoms with Crippen molar-refractivity contribution in [2.45, 2.75) is 0 Å². The summed E-state index contributed by atoms with van der Waals surface area (Å²) < 4.78 is 17.1. The van der Waals surface area contributed by atoms with Crippen LogP contribution in [0.1, 0.15) is 10.4 Å². The quantitative estimate of drug-likeness (QED) is 0.840. The Kier molecular flexibility index (Phi) is 2.82. The summed E-state index contributed by atoms with van der Waals surface area (Å²) in [5.41, 5.74) is 5.43. The molecule has 3 N–H and O–H groups in total. The Morgan fingerprint density at radius 3 is 2.81 bits per heavy atom. The molecule has 4 nitrogen and oxygen atoms in total. The van der Waals surface area contributed by atoms with E-state index in [4.69, 9.17) is 5.73 Å². The molecule has 1 heterocycles. The summed E-state index contributed by atoms with van der Waals surface area (Å²) in [4.78, 5) is 11.6. The van der Waals surface area contributed by atoms with E-state index in [1.54, 1.807) is 6.07 Å². The smallest absolute Gasteiger partial charge is 0.259 e. The number of anilines is 2. The van der Waals surface area contributed by atoms with Crippen LogP contribution in [0.25, 0.3) is 0 Å². The molecule has 0 radical (unpaired) electrons. The number of rotatable bonds is 2. The lowest BCUT2D eigenvalue weighted by molar-refractivity contribution is 0.102. The molecule has 6 heteroatoms. The number of aromatic nitrogens is 1. The van der Waals surface area contributed by atoms with Crippen LogP contribution < -0.4 is 11.1 Å². The van der Waals surface area contributed by atoms with Crippen molar-refractivity contribution in [2.75, 3.05) is 11.1 Å². The fraction of sp³-hybridized carbons (Fsp3) is 0. The van der Waals surface area contributed by atoms with Gasteiger partial charge in [0.25, 0.3) is 5.91 Å². The molecule has 0 unspecified atom stereocenters. The molecule has 1 aromatic carbocycles. The van der Waals surface area contributed by atoms with Crippen molar-refractivity contribution < 1.29 is 9.18 Å². The number of nitrogens with zero attached hydrogens (tertiary/aromatic N) is 1. The number of benzene rings is 1. The molecule has 1 aromatic heterocycles. The Labute approximate surface area is 95.1 Å². The lowest BCUT2D eigenvalue weighted by Gasteiger charge is -2.02. The number of hydrogen-bond acceptors (Lipinski definition) is 4. The first-order chi connectivity index (χ1) is 7.66. The number of nitrogen functional groups attached to an aromatic ring is 1. The largest absolute Gasteiger partial charge is 0.389 e. The molecule has 0 atom stereocenters. The highest BCUT2D eigenvalue weighted by molar-refractivity contribution is 7.10. The molecular formula is C10H8FN3OS. The highest BCUT2D eigenvalue weighted by Crippen LogP contribution is 2.17. The summed E-state index contributed by atoms with van der Waals surface area (Å²) in [5, 5.41) is 2.95. The Balaban J connectivity index is 2.18. The highest BCUT2D eigenvalue weighted by Gasteiger charge is 2.11. The van der Waals surface area contributed by atoms with Gasteiger partial charge in [-0.2, -0.15) is 4.37 Å². The van der Waals surface area contributed by atoms with E-state index >= 15 is 0 Å². The molecule has 82 valence electrons. The minimum Gasteiger partial charge on any atom is -0.389 e. The molecule has 0 bridgehead atoms. The highest BCUT2D eigenvalue weighted by atomic mass is 32.1. The average molecular weight is 237 g/mol. The maximum absolute atomic E-state index is 13.2. The van der Waals surface area contributed by atoms with Crippen LogP contribution >= 0.6 is 11.5 Å². The molecule has 0 saturated heterocycles. The number of carbonyl (C=O) groups excluding carboxylic acids is 1. The van der Waals surface area contributed by atoms with Crippen LogP contribution in [0.15, 0.2) is 30.3 Å². The van der Waals surface area contributed by atoms with Crippen molar-refractivity contribution in [1.82, 2.24) is 4.37 Å². The molecule has 16 heavy (non-hydrogen) atoms. The Morgan fingerprint density at radius 2 is 2.19 bits per heavy atom. The number of hydrogen-bond donors (Lipinski definition) is 2. The Bertz CT molecular complexity index is 526. The van der Waals surface area contributed by atoms with Crippen LogP contribution in [0, 0.1) is 5.82 Å². The second kappa shape index (κ2) is 4.28. The van der Waals surface area contributed by atoms with Crippen LogP contribution in [0.4, 0.5) is 15.2 Å². The van der Waals surface area contributed by atoms with Crippen molar-refractivity contribution in [1.29, 1.82) is 0 Å². The maximum Gasteiger partial charge on any atom is 0.259 e. The molecule has 0 aliphatic heterocycles. The van der Waals surface area contributed by atoms with E-state index in [9.17, 15) is 9.18 Å². The van der Waals surface area contributed by atoms with E-state index in [1.165, 1.54) is 24.3 Å². The predicted octanol–water partition coefficient (Wildman–Crippen LogP) is 2.12. The standard InChI is InChI=1S/C10H8FN3OS/c11-7-4-2-1-3-6(7)10(15)13-9-5-8(12)16-14-9/h1-5H,12H2,(H,13,14,15). The molecule has 1 amide bonds. The Morgan fingerprint density at radius 1 is 1.44 bits per heavy atom. The number of carbonyl (C=O) groups is 1. The summed E-state index contributed by atoms with van der Waals surface area (Å²) >= 11 is 1.07. The van der Waals surface area contributed by atoms with Crippen molar-refractivity contribution in [3.05, 3.63) is 41.7 Å². The van der Waals surface area contributed by atoms with Gasteiger partial charge in [0.05, 0.1) is 5.56 Å². The number of nitrogens with two attached hydrogens (primary N) is 1. The fourth-order valence-corrected chi connectivity index (χ4v) is 1.64. The zero-order valence-electron chi connectivity index (χ0n) is 8.11. The molecule has 0 spiro atoms. The summed E-state index contributed by atoms with van der Waals surface area (Å²) in [7, 11) is 0. The van der Waals surface area contributed by atoms with E-state index in [1.807, 2.05) is 0 Å². The van der Waals surface area contributed by atoms with Gasteiger partial charge in [-0.15, -0.1) is 0 Å². The van der Waals surface area contributed by atoms with Crippen molar-refractivity contribution in [3.63, 3.8) is 0 Å². The van der Waals surface area contributed by atoms with Gasteiger partial charge in [-0.25, -0.2) is 4.39 Å². The molecule has 0 saturated carbocycles. The van der Waals surface area contributed by atoms with Crippen LogP contribution in [0.5, 0.6) is 0 Å². The molecule has 2 rings (SSSR count). The van der Waals surface area contributed by atoms with Gasteiger partial charge in [-0.05, 0) is 23.7 Å². The van der Waals surface area contributed by atoms with Gasteiger partial charge >= 0.3 is 0 Å². The van der Waals surface area contributed by atoms with Gasteiger partial charge in [-0.3, -0.25) is 4.79 Å². The van der Waals surface area contributed by atoms with Crippen LogP contribution in [-0.4, -0.2) is 10.3 Å². The van der Waals surface area contributed by atoms with Crippen LogP contribution in [0.3, 0.4) is 0 Å². The van der Waals surface area contributed by atoms with E-state index in [2.05, 4.69) is 9.69 Å². The fourth-order valence-electron chi connectivity index (χ4n) is 1.18. The third-order valence-corrected chi connectivity index (χ3v) is 2.51. The van der Waals surface area contributed by atoms with E-state index < -0.39 is 11.7 Å². The van der Waals surface area contributed by atoms with E-state index in [0.717, 1.165) is 11.5 Å². The zero-order valence-corrected chi connectivity index (χ0v) is 8.92. The van der Waals surface area contributed by atoms with Crippen molar-refractivity contribution >= 4 is 28.3 Å². The second-order valence-electron chi connectivity index (χ2n) is 3.05. The number of nitrogens with one attached hydrogen (secondary N) is 1. The summed E-state index contributed by atoms with van der Waals surface area (Å²) in [6.45, 7) is 0. The third-order valence-electron chi connectivity index (χ3n) is 1.89. The van der Waals surface area contributed by atoms with Crippen LogP contribution in [0.2, 0.25) is 0 Å². The molecule has 0 fully saturated rings. The first kappa shape index (κ1) is 10.6. The van der Waals surface area contributed by atoms with Gasteiger partial charge in [0.2, 0.25) is 0 Å². The zero-order chi connectivity index (χ0) is 11.5.